The molecule has 0 saturated carbocycles. The molecule has 2 aromatic rings. The average Bonchev–Trinajstić information content (AvgIpc) is 2.47. The highest BCUT2D eigenvalue weighted by Crippen LogP contribution is 2.37. The van der Waals surface area contributed by atoms with E-state index in [0.29, 0.717) is 18.2 Å². The van der Waals surface area contributed by atoms with Gasteiger partial charge in [-0.15, -0.1) is 0 Å². The molecule has 0 saturated heterocycles. The number of rotatable bonds is 6. The molecule has 0 radical (unpaired) electrons. The molecular formula is C17H20FNOS. The van der Waals surface area contributed by atoms with E-state index in [4.69, 9.17) is 4.74 Å². The van der Waals surface area contributed by atoms with E-state index in [2.05, 4.69) is 5.32 Å². The van der Waals surface area contributed by atoms with Crippen LogP contribution in [-0.2, 0) is 6.54 Å². The van der Waals surface area contributed by atoms with Crippen molar-refractivity contribution < 1.29 is 9.13 Å². The van der Waals surface area contributed by atoms with Crippen molar-refractivity contribution >= 4 is 11.8 Å². The Hall–Kier alpha value is -1.52. The minimum atomic E-state index is -0.178. The summed E-state index contributed by atoms with van der Waals surface area (Å²) in [6, 6.07) is 13.3. The van der Waals surface area contributed by atoms with Gasteiger partial charge in [0.1, 0.15) is 11.6 Å². The van der Waals surface area contributed by atoms with Gasteiger partial charge in [-0.1, -0.05) is 43.8 Å². The van der Waals surface area contributed by atoms with Crippen molar-refractivity contribution in [3.05, 3.63) is 53.8 Å². The van der Waals surface area contributed by atoms with Crippen LogP contribution in [-0.4, -0.2) is 13.2 Å². The predicted octanol–water partition coefficient (Wildman–Crippen LogP) is 4.48. The van der Waals surface area contributed by atoms with E-state index >= 15 is 0 Å². The number of benzene rings is 2. The number of nitrogens with one attached hydrogen (secondary N) is 1. The summed E-state index contributed by atoms with van der Waals surface area (Å²) in [6.45, 7) is 4.61. The molecule has 0 aliphatic rings. The van der Waals surface area contributed by atoms with Gasteiger partial charge < -0.3 is 10.1 Å². The number of hydrogen-bond donors (Lipinski definition) is 1. The van der Waals surface area contributed by atoms with Crippen molar-refractivity contribution in [1.29, 1.82) is 0 Å². The number of hydrogen-bond acceptors (Lipinski definition) is 3. The van der Waals surface area contributed by atoms with Gasteiger partial charge >= 0.3 is 0 Å². The first-order valence-electron chi connectivity index (χ1n) is 6.93. The summed E-state index contributed by atoms with van der Waals surface area (Å²) < 4.78 is 19.5. The van der Waals surface area contributed by atoms with Crippen LogP contribution in [0.1, 0.15) is 19.4 Å². The van der Waals surface area contributed by atoms with Gasteiger partial charge in [-0.25, -0.2) is 4.39 Å². The molecular weight excluding hydrogens is 285 g/mol. The standard InChI is InChI=1S/C17H20FNOS/c1-12(2)19-11-13-14(18)7-6-10-16(13)21-17-9-5-4-8-15(17)20-3/h4-10,12,19H,11H2,1-3H3. The van der Waals surface area contributed by atoms with E-state index in [1.807, 2.05) is 44.2 Å². The molecule has 0 fully saturated rings. The number of para-hydroxylation sites is 1. The summed E-state index contributed by atoms with van der Waals surface area (Å²) in [5.41, 5.74) is 0.696. The normalized spacial score (nSPS) is 10.9. The second kappa shape index (κ2) is 7.48. The number of ether oxygens (including phenoxy) is 1. The Morgan fingerprint density at radius 1 is 1.10 bits per heavy atom. The minimum absolute atomic E-state index is 0.178. The molecule has 4 heteroatoms. The van der Waals surface area contributed by atoms with Crippen molar-refractivity contribution in [2.75, 3.05) is 7.11 Å². The Morgan fingerprint density at radius 2 is 1.81 bits per heavy atom. The van der Waals surface area contributed by atoms with Crippen LogP contribution in [0.15, 0.2) is 52.3 Å². The Bertz CT molecular complexity index is 601. The summed E-state index contributed by atoms with van der Waals surface area (Å²) in [5.74, 6) is 0.623. The van der Waals surface area contributed by atoms with Crippen LogP contribution in [0.3, 0.4) is 0 Å². The Morgan fingerprint density at radius 3 is 2.52 bits per heavy atom. The molecule has 0 heterocycles. The van der Waals surface area contributed by atoms with E-state index in [1.54, 1.807) is 13.2 Å². The maximum atomic E-state index is 14.1. The first-order valence-corrected chi connectivity index (χ1v) is 7.75. The Balaban J connectivity index is 2.29. The largest absolute Gasteiger partial charge is 0.496 e. The fourth-order valence-electron chi connectivity index (χ4n) is 1.93. The van der Waals surface area contributed by atoms with Gasteiger partial charge in [0, 0.05) is 23.0 Å². The maximum Gasteiger partial charge on any atom is 0.132 e. The molecule has 0 unspecified atom stereocenters. The van der Waals surface area contributed by atoms with Crippen molar-refractivity contribution in [3.8, 4) is 5.75 Å². The first kappa shape index (κ1) is 15.9. The van der Waals surface area contributed by atoms with Gasteiger partial charge in [-0.05, 0) is 24.3 Å². The van der Waals surface area contributed by atoms with Crippen LogP contribution in [0, 0.1) is 5.82 Å². The molecule has 0 amide bonds. The van der Waals surface area contributed by atoms with Crippen molar-refractivity contribution in [3.63, 3.8) is 0 Å². The second-order valence-electron chi connectivity index (χ2n) is 5.01. The van der Waals surface area contributed by atoms with Crippen molar-refractivity contribution in [2.24, 2.45) is 0 Å². The average molecular weight is 305 g/mol. The van der Waals surface area contributed by atoms with Crippen molar-refractivity contribution in [2.45, 2.75) is 36.2 Å². The fourth-order valence-corrected chi connectivity index (χ4v) is 3.01. The lowest BCUT2D eigenvalue weighted by atomic mass is 10.2. The first-order chi connectivity index (χ1) is 10.1. The summed E-state index contributed by atoms with van der Waals surface area (Å²) in [5, 5.41) is 3.27. The lowest BCUT2D eigenvalue weighted by Crippen LogP contribution is -2.22. The highest BCUT2D eigenvalue weighted by atomic mass is 32.2. The molecule has 21 heavy (non-hydrogen) atoms. The molecule has 2 nitrogen and oxygen atoms in total. The molecule has 0 spiro atoms. The Labute approximate surface area is 129 Å². The zero-order valence-corrected chi connectivity index (χ0v) is 13.3. The molecule has 112 valence electrons. The van der Waals surface area contributed by atoms with Crippen LogP contribution in [0.5, 0.6) is 5.75 Å². The van der Waals surface area contributed by atoms with Crippen LogP contribution in [0.2, 0.25) is 0 Å². The smallest absolute Gasteiger partial charge is 0.132 e. The van der Waals surface area contributed by atoms with Crippen molar-refractivity contribution in [1.82, 2.24) is 5.32 Å². The molecule has 0 aromatic heterocycles. The van der Waals surface area contributed by atoms with E-state index in [1.165, 1.54) is 17.8 Å². The summed E-state index contributed by atoms with van der Waals surface area (Å²) in [7, 11) is 1.65. The Kier molecular flexibility index (Phi) is 5.65. The quantitative estimate of drug-likeness (QED) is 0.850. The molecule has 0 atom stereocenters. The third kappa shape index (κ3) is 4.22. The van der Waals surface area contributed by atoms with Gasteiger partial charge in [0.25, 0.3) is 0 Å². The highest BCUT2D eigenvalue weighted by Gasteiger charge is 2.12. The molecule has 2 aromatic carbocycles. The van der Waals surface area contributed by atoms with Gasteiger partial charge in [-0.3, -0.25) is 0 Å². The van der Waals surface area contributed by atoms with E-state index in [9.17, 15) is 4.39 Å². The molecule has 0 aliphatic carbocycles. The van der Waals surface area contributed by atoms with Gasteiger partial charge in [0.15, 0.2) is 0 Å². The number of methoxy groups -OCH3 is 1. The second-order valence-corrected chi connectivity index (χ2v) is 6.09. The van der Waals surface area contributed by atoms with Gasteiger partial charge in [0.05, 0.1) is 12.0 Å². The van der Waals surface area contributed by atoms with E-state index in [0.717, 1.165) is 15.5 Å². The van der Waals surface area contributed by atoms with E-state index < -0.39 is 0 Å². The topological polar surface area (TPSA) is 21.3 Å². The van der Waals surface area contributed by atoms with Gasteiger partial charge in [0.2, 0.25) is 0 Å². The summed E-state index contributed by atoms with van der Waals surface area (Å²) in [4.78, 5) is 1.89. The molecule has 1 N–H and O–H groups in total. The third-order valence-electron chi connectivity index (χ3n) is 3.05. The van der Waals surface area contributed by atoms with Crippen LogP contribution in [0.4, 0.5) is 4.39 Å². The molecule has 2 rings (SSSR count). The zero-order chi connectivity index (χ0) is 15.2. The maximum absolute atomic E-state index is 14.1. The summed E-state index contributed by atoms with van der Waals surface area (Å²) >= 11 is 1.53. The molecule has 0 aliphatic heterocycles. The van der Waals surface area contributed by atoms with Crippen LogP contribution >= 0.6 is 11.8 Å². The highest BCUT2D eigenvalue weighted by molar-refractivity contribution is 7.99. The minimum Gasteiger partial charge on any atom is -0.496 e. The monoisotopic (exact) mass is 305 g/mol. The van der Waals surface area contributed by atoms with Crippen LogP contribution < -0.4 is 10.1 Å². The SMILES string of the molecule is COc1ccccc1Sc1cccc(F)c1CNC(C)C. The third-order valence-corrected chi connectivity index (χ3v) is 4.21. The zero-order valence-electron chi connectivity index (χ0n) is 12.5. The fraction of sp³-hybridized carbons (Fsp3) is 0.294. The van der Waals surface area contributed by atoms with E-state index in [-0.39, 0.29) is 5.82 Å². The number of halogens is 1. The lowest BCUT2D eigenvalue weighted by Gasteiger charge is -2.14. The van der Waals surface area contributed by atoms with Gasteiger partial charge in [-0.2, -0.15) is 0 Å². The van der Waals surface area contributed by atoms with Crippen LogP contribution in [0.25, 0.3) is 0 Å². The predicted molar refractivity (Wildman–Crippen MR) is 85.5 cm³/mol. The lowest BCUT2D eigenvalue weighted by molar-refractivity contribution is 0.405. The molecule has 0 bridgehead atoms. The summed E-state index contributed by atoms with van der Waals surface area (Å²) in [6.07, 6.45) is 0.